The van der Waals surface area contributed by atoms with Crippen LogP contribution in [0.2, 0.25) is 0 Å². The second-order valence-electron chi connectivity index (χ2n) is 5.35. The second-order valence-corrected chi connectivity index (χ2v) is 6.47. The van der Waals surface area contributed by atoms with Crippen molar-refractivity contribution in [1.29, 1.82) is 0 Å². The number of hydrogen-bond acceptors (Lipinski definition) is 3. The summed E-state index contributed by atoms with van der Waals surface area (Å²) in [5.74, 6) is -1.10. The van der Waals surface area contributed by atoms with Crippen LogP contribution in [0.15, 0.2) is 72.8 Å². The molecule has 0 atom stereocenters. The molecule has 3 rings (SSSR count). The highest BCUT2D eigenvalue weighted by Crippen LogP contribution is 2.28. The molecule has 1 aromatic heterocycles. The zero-order valence-electron chi connectivity index (χ0n) is 13.6. The highest BCUT2D eigenvalue weighted by atomic mass is 32.1. The van der Waals surface area contributed by atoms with Crippen LogP contribution in [0.3, 0.4) is 0 Å². The summed E-state index contributed by atoms with van der Waals surface area (Å²) in [6.07, 6.45) is 2.99. The number of carbonyl (C=O) groups is 2. The Morgan fingerprint density at radius 2 is 1.62 bits per heavy atom. The highest BCUT2D eigenvalue weighted by molar-refractivity contribution is 7.16. The fourth-order valence-electron chi connectivity index (χ4n) is 2.19. The predicted molar refractivity (Wildman–Crippen MR) is 101 cm³/mol. The number of halogens is 1. The summed E-state index contributed by atoms with van der Waals surface area (Å²) in [7, 11) is 0. The Kier molecular flexibility index (Phi) is 5.56. The fraction of sp³-hybridized carbons (Fsp3) is 0. The first-order valence-electron chi connectivity index (χ1n) is 7.81. The van der Waals surface area contributed by atoms with Gasteiger partial charge in [-0.25, -0.2) is 4.39 Å². The Hall–Kier alpha value is -3.25. The summed E-state index contributed by atoms with van der Waals surface area (Å²) >= 11 is 1.48. The van der Waals surface area contributed by atoms with E-state index in [4.69, 9.17) is 0 Å². The summed E-state index contributed by atoms with van der Waals surface area (Å²) in [4.78, 5) is 25.5. The van der Waals surface area contributed by atoms with Crippen molar-refractivity contribution in [1.82, 2.24) is 10.9 Å². The normalized spacial score (nSPS) is 10.7. The Labute approximate surface area is 154 Å². The predicted octanol–water partition coefficient (Wildman–Crippen LogP) is 4.03. The van der Waals surface area contributed by atoms with Crippen molar-refractivity contribution in [3.63, 3.8) is 0 Å². The largest absolute Gasteiger partial charge is 0.269 e. The van der Waals surface area contributed by atoms with Crippen molar-refractivity contribution in [3.05, 3.63) is 89.1 Å². The van der Waals surface area contributed by atoms with Crippen LogP contribution in [0.4, 0.5) is 4.39 Å². The van der Waals surface area contributed by atoms with Gasteiger partial charge in [-0.3, -0.25) is 20.4 Å². The minimum Gasteiger partial charge on any atom is -0.268 e. The van der Waals surface area contributed by atoms with E-state index in [9.17, 15) is 14.0 Å². The molecule has 2 amide bonds. The quantitative estimate of drug-likeness (QED) is 0.541. The minimum atomic E-state index is -0.439. The molecule has 0 aliphatic carbocycles. The number of hydrazine groups is 1. The van der Waals surface area contributed by atoms with E-state index < -0.39 is 5.91 Å². The third-order valence-corrected chi connectivity index (χ3v) is 4.59. The van der Waals surface area contributed by atoms with Crippen LogP contribution < -0.4 is 10.9 Å². The van der Waals surface area contributed by atoms with Crippen LogP contribution >= 0.6 is 11.3 Å². The molecule has 3 aromatic rings. The van der Waals surface area contributed by atoms with Gasteiger partial charge in [0, 0.05) is 21.4 Å². The van der Waals surface area contributed by atoms with Gasteiger partial charge in [0.1, 0.15) is 5.82 Å². The molecule has 2 aromatic carbocycles. The first-order valence-corrected chi connectivity index (χ1v) is 8.63. The van der Waals surface area contributed by atoms with E-state index in [-0.39, 0.29) is 11.7 Å². The third-order valence-electron chi connectivity index (χ3n) is 3.49. The number of hydrogen-bond donors (Lipinski definition) is 2. The van der Waals surface area contributed by atoms with Crippen molar-refractivity contribution in [2.45, 2.75) is 0 Å². The molecule has 0 unspecified atom stereocenters. The molecule has 0 fully saturated rings. The molecule has 26 heavy (non-hydrogen) atoms. The molecule has 130 valence electrons. The molecule has 1 heterocycles. The maximum absolute atomic E-state index is 13.0. The lowest BCUT2D eigenvalue weighted by molar-refractivity contribution is -0.117. The standard InChI is InChI=1S/C20H15FN2O2S/c21-16-8-6-14(7-9-16)18-12-10-17(26-18)11-13-19(24)22-23-20(25)15-4-2-1-3-5-15/h1-13H,(H,22,24)(H,23,25)/b13-11+. The number of carbonyl (C=O) groups excluding carboxylic acids is 2. The maximum Gasteiger partial charge on any atom is 0.269 e. The van der Waals surface area contributed by atoms with Crippen LogP contribution in [-0.4, -0.2) is 11.8 Å². The average molecular weight is 366 g/mol. The van der Waals surface area contributed by atoms with Crippen LogP contribution in [0.25, 0.3) is 16.5 Å². The molecule has 0 bridgehead atoms. The van der Waals surface area contributed by atoms with E-state index in [2.05, 4.69) is 10.9 Å². The van der Waals surface area contributed by atoms with Gasteiger partial charge in [-0.15, -0.1) is 11.3 Å². The summed E-state index contributed by atoms with van der Waals surface area (Å²) < 4.78 is 13.0. The highest BCUT2D eigenvalue weighted by Gasteiger charge is 2.05. The van der Waals surface area contributed by atoms with Crippen LogP contribution in [0, 0.1) is 5.82 Å². The van der Waals surface area contributed by atoms with Gasteiger partial charge in [-0.1, -0.05) is 30.3 Å². The van der Waals surface area contributed by atoms with Crippen molar-refractivity contribution in [2.24, 2.45) is 0 Å². The topological polar surface area (TPSA) is 58.2 Å². The van der Waals surface area contributed by atoms with Gasteiger partial charge in [0.05, 0.1) is 0 Å². The zero-order chi connectivity index (χ0) is 18.4. The lowest BCUT2D eigenvalue weighted by Gasteiger charge is -2.04. The van der Waals surface area contributed by atoms with Gasteiger partial charge in [0.2, 0.25) is 0 Å². The molecule has 6 heteroatoms. The van der Waals surface area contributed by atoms with E-state index >= 15 is 0 Å². The maximum atomic E-state index is 13.0. The number of benzene rings is 2. The fourth-order valence-corrected chi connectivity index (χ4v) is 3.11. The van der Waals surface area contributed by atoms with E-state index in [0.717, 1.165) is 15.3 Å². The monoisotopic (exact) mass is 366 g/mol. The molecule has 0 aliphatic rings. The summed E-state index contributed by atoms with van der Waals surface area (Å²) in [6.45, 7) is 0. The molecular formula is C20H15FN2O2S. The Bertz CT molecular complexity index is 934. The van der Waals surface area contributed by atoms with Gasteiger partial charge in [-0.2, -0.15) is 0 Å². The molecular weight excluding hydrogens is 351 g/mol. The van der Waals surface area contributed by atoms with Crippen molar-refractivity contribution < 1.29 is 14.0 Å². The van der Waals surface area contributed by atoms with Gasteiger partial charge in [-0.05, 0) is 48.0 Å². The number of nitrogens with one attached hydrogen (secondary N) is 2. The van der Waals surface area contributed by atoms with Gasteiger partial charge in [0.25, 0.3) is 11.8 Å². The van der Waals surface area contributed by atoms with Gasteiger partial charge < -0.3 is 0 Å². The Balaban J connectivity index is 1.55. The number of thiophene rings is 1. The lowest BCUT2D eigenvalue weighted by Crippen LogP contribution is -2.40. The molecule has 2 N–H and O–H groups in total. The summed E-state index contributed by atoms with van der Waals surface area (Å²) in [5.41, 5.74) is 6.05. The second kappa shape index (κ2) is 8.22. The molecule has 4 nitrogen and oxygen atoms in total. The van der Waals surface area contributed by atoms with E-state index in [1.54, 1.807) is 48.5 Å². The first kappa shape index (κ1) is 17.6. The van der Waals surface area contributed by atoms with Crippen LogP contribution in [0.1, 0.15) is 15.2 Å². The average Bonchev–Trinajstić information content (AvgIpc) is 3.14. The van der Waals surface area contributed by atoms with Crippen molar-refractivity contribution >= 4 is 29.2 Å². The minimum absolute atomic E-state index is 0.278. The summed E-state index contributed by atoms with van der Waals surface area (Å²) in [6, 6.07) is 18.6. The van der Waals surface area contributed by atoms with Gasteiger partial charge in [0.15, 0.2) is 0 Å². The van der Waals surface area contributed by atoms with Crippen LogP contribution in [0.5, 0.6) is 0 Å². The smallest absolute Gasteiger partial charge is 0.268 e. The molecule has 0 aliphatic heterocycles. The number of rotatable bonds is 4. The molecule has 0 saturated carbocycles. The van der Waals surface area contributed by atoms with E-state index in [0.29, 0.717) is 5.56 Å². The molecule has 0 radical (unpaired) electrons. The molecule has 0 saturated heterocycles. The zero-order valence-corrected chi connectivity index (χ0v) is 14.4. The van der Waals surface area contributed by atoms with Crippen molar-refractivity contribution in [3.8, 4) is 10.4 Å². The van der Waals surface area contributed by atoms with E-state index in [1.165, 1.54) is 29.5 Å². The first-order chi connectivity index (χ1) is 12.6. The van der Waals surface area contributed by atoms with Crippen LogP contribution in [-0.2, 0) is 4.79 Å². The molecule has 0 spiro atoms. The third kappa shape index (κ3) is 4.64. The lowest BCUT2D eigenvalue weighted by atomic mass is 10.2. The van der Waals surface area contributed by atoms with Crippen molar-refractivity contribution in [2.75, 3.05) is 0 Å². The Morgan fingerprint density at radius 1 is 0.885 bits per heavy atom. The summed E-state index contributed by atoms with van der Waals surface area (Å²) in [5, 5.41) is 0. The van der Waals surface area contributed by atoms with Gasteiger partial charge >= 0.3 is 0 Å². The number of amides is 2. The Morgan fingerprint density at radius 3 is 2.35 bits per heavy atom. The van der Waals surface area contributed by atoms with E-state index in [1.807, 2.05) is 12.1 Å². The SMILES string of the molecule is O=C(/C=C/c1ccc(-c2ccc(F)cc2)s1)NNC(=O)c1ccccc1.